The quantitative estimate of drug-likeness (QED) is 0.635. The maximum atomic E-state index is 9.53. The fourth-order valence-corrected chi connectivity index (χ4v) is 2.04. The minimum absolute atomic E-state index is 0.0185. The van der Waals surface area contributed by atoms with E-state index in [4.69, 9.17) is 0 Å². The van der Waals surface area contributed by atoms with Crippen LogP contribution in [-0.2, 0) is 6.42 Å². The average molecular weight is 256 g/mol. The summed E-state index contributed by atoms with van der Waals surface area (Å²) in [4.78, 5) is 0. The lowest BCUT2D eigenvalue weighted by Crippen LogP contribution is -2.41. The molecule has 0 atom stereocenters. The van der Waals surface area contributed by atoms with Gasteiger partial charge in [0.25, 0.3) is 0 Å². The van der Waals surface area contributed by atoms with Gasteiger partial charge in [-0.2, -0.15) is 0 Å². The Hall–Kier alpha value is -1.84. The number of hydrazine groups is 1. The number of likely N-dealkylation sites (N-methyl/N-ethyl adjacent to an activating group) is 1. The minimum atomic E-state index is -0.0185. The first-order valence-corrected chi connectivity index (χ1v) is 6.49. The van der Waals surface area contributed by atoms with Gasteiger partial charge in [-0.3, -0.25) is 5.01 Å². The molecule has 0 saturated heterocycles. The van der Waals surface area contributed by atoms with Crippen LogP contribution in [-0.4, -0.2) is 30.4 Å². The second kappa shape index (κ2) is 6.92. The van der Waals surface area contributed by atoms with Gasteiger partial charge < -0.3 is 5.11 Å². The van der Waals surface area contributed by atoms with Crippen molar-refractivity contribution in [1.82, 2.24) is 5.01 Å². The molecule has 2 rings (SSSR count). The highest BCUT2D eigenvalue weighted by molar-refractivity contribution is 5.44. The van der Waals surface area contributed by atoms with Gasteiger partial charge in [-0.25, -0.2) is 5.01 Å². The van der Waals surface area contributed by atoms with E-state index in [1.807, 2.05) is 53.5 Å². The molecule has 19 heavy (non-hydrogen) atoms. The van der Waals surface area contributed by atoms with Crippen molar-refractivity contribution in [2.45, 2.75) is 6.42 Å². The van der Waals surface area contributed by atoms with Crippen molar-refractivity contribution in [3.8, 4) is 0 Å². The molecule has 3 nitrogen and oxygen atoms in total. The van der Waals surface area contributed by atoms with Crippen molar-refractivity contribution in [1.29, 1.82) is 0 Å². The smallest absolute Gasteiger partial charge is 0.130 e. The van der Waals surface area contributed by atoms with Crippen molar-refractivity contribution in [2.24, 2.45) is 0 Å². The minimum Gasteiger partial charge on any atom is -0.375 e. The number of nitrogens with zero attached hydrogens (tertiary/aromatic N) is 2. The van der Waals surface area contributed by atoms with Crippen LogP contribution in [0.1, 0.15) is 5.56 Å². The molecule has 1 N–H and O–H groups in total. The van der Waals surface area contributed by atoms with E-state index >= 15 is 0 Å². The van der Waals surface area contributed by atoms with Crippen LogP contribution in [0.5, 0.6) is 0 Å². The molecule has 0 spiro atoms. The average Bonchev–Trinajstić information content (AvgIpc) is 2.48. The second-order valence-electron chi connectivity index (χ2n) is 4.49. The van der Waals surface area contributed by atoms with E-state index in [0.717, 1.165) is 18.7 Å². The summed E-state index contributed by atoms with van der Waals surface area (Å²) in [5.74, 6) is 0. The molecule has 0 radical (unpaired) electrons. The Morgan fingerprint density at radius 1 is 0.895 bits per heavy atom. The molecule has 3 heteroatoms. The van der Waals surface area contributed by atoms with Gasteiger partial charge in [0.15, 0.2) is 0 Å². The summed E-state index contributed by atoms with van der Waals surface area (Å²) >= 11 is 0. The molecule has 0 bridgehead atoms. The summed E-state index contributed by atoms with van der Waals surface area (Å²) in [5.41, 5.74) is 2.31. The van der Waals surface area contributed by atoms with E-state index in [2.05, 4.69) is 24.3 Å². The van der Waals surface area contributed by atoms with E-state index in [0.29, 0.717) is 0 Å². The Bertz CT molecular complexity index is 473. The Morgan fingerprint density at radius 3 is 2.05 bits per heavy atom. The molecule has 0 saturated carbocycles. The summed E-state index contributed by atoms with van der Waals surface area (Å²) in [7, 11) is 1.99. The van der Waals surface area contributed by atoms with Crippen LogP contribution >= 0.6 is 0 Å². The van der Waals surface area contributed by atoms with Gasteiger partial charge in [-0.1, -0.05) is 48.5 Å². The van der Waals surface area contributed by atoms with E-state index in [9.17, 15) is 5.11 Å². The molecular weight excluding hydrogens is 236 g/mol. The molecular formula is C16H20N2O. The van der Waals surface area contributed by atoms with Crippen LogP contribution in [0, 0.1) is 0 Å². The second-order valence-corrected chi connectivity index (χ2v) is 4.49. The van der Waals surface area contributed by atoms with E-state index < -0.39 is 0 Å². The van der Waals surface area contributed by atoms with Gasteiger partial charge in [0.2, 0.25) is 0 Å². The first-order chi connectivity index (χ1) is 9.31. The highest BCUT2D eigenvalue weighted by Crippen LogP contribution is 2.14. The normalized spacial score (nSPS) is 10.7. The number of aliphatic hydroxyl groups is 1. The third-order valence-electron chi connectivity index (χ3n) is 3.17. The molecule has 100 valence electrons. The fraction of sp³-hybridized carbons (Fsp3) is 0.250. The van der Waals surface area contributed by atoms with Crippen LogP contribution in [0.2, 0.25) is 0 Å². The lowest BCUT2D eigenvalue weighted by atomic mass is 10.1. The topological polar surface area (TPSA) is 26.7 Å². The van der Waals surface area contributed by atoms with Crippen LogP contribution in [0.15, 0.2) is 60.7 Å². The molecule has 0 heterocycles. The largest absolute Gasteiger partial charge is 0.375 e. The highest BCUT2D eigenvalue weighted by Gasteiger charge is 2.10. The van der Waals surface area contributed by atoms with Crippen LogP contribution in [0.4, 0.5) is 5.69 Å². The van der Waals surface area contributed by atoms with E-state index in [1.54, 1.807) is 0 Å². The molecule has 0 aliphatic carbocycles. The molecule has 0 aliphatic rings. The van der Waals surface area contributed by atoms with Crippen LogP contribution in [0.3, 0.4) is 0 Å². The van der Waals surface area contributed by atoms with Crippen LogP contribution in [0.25, 0.3) is 0 Å². The zero-order chi connectivity index (χ0) is 13.5. The van der Waals surface area contributed by atoms with Gasteiger partial charge in [0.1, 0.15) is 6.73 Å². The predicted octanol–water partition coefficient (Wildman–Crippen LogP) is 2.53. The number of hydrogen-bond acceptors (Lipinski definition) is 3. The fourth-order valence-electron chi connectivity index (χ4n) is 2.04. The molecule has 2 aromatic carbocycles. The molecule has 0 amide bonds. The summed E-state index contributed by atoms with van der Waals surface area (Å²) in [6, 6.07) is 20.3. The summed E-state index contributed by atoms with van der Waals surface area (Å²) < 4.78 is 0. The third kappa shape index (κ3) is 3.81. The van der Waals surface area contributed by atoms with Crippen molar-refractivity contribution in [3.63, 3.8) is 0 Å². The molecule has 0 fully saturated rings. The lowest BCUT2D eigenvalue weighted by molar-refractivity contribution is 0.194. The van der Waals surface area contributed by atoms with Gasteiger partial charge in [0.05, 0.1) is 5.69 Å². The van der Waals surface area contributed by atoms with Gasteiger partial charge in [0, 0.05) is 13.6 Å². The standard InChI is InChI=1S/C16H20N2O/c1-17(13-12-15-8-4-2-5-9-15)18(14-19)16-10-6-3-7-11-16/h2-11,19H,12-14H2,1H3. The highest BCUT2D eigenvalue weighted by atomic mass is 16.3. The number of hydrogen-bond donors (Lipinski definition) is 1. The summed E-state index contributed by atoms with van der Waals surface area (Å²) in [5, 5.41) is 13.4. The van der Waals surface area contributed by atoms with Crippen molar-refractivity contribution in [2.75, 3.05) is 25.3 Å². The SMILES string of the molecule is CN(CCc1ccccc1)N(CO)c1ccccc1. The molecule has 0 aliphatic heterocycles. The zero-order valence-corrected chi connectivity index (χ0v) is 11.2. The van der Waals surface area contributed by atoms with Crippen molar-refractivity contribution < 1.29 is 5.11 Å². The predicted molar refractivity (Wildman–Crippen MR) is 78.8 cm³/mol. The maximum Gasteiger partial charge on any atom is 0.130 e. The number of rotatable bonds is 6. The van der Waals surface area contributed by atoms with Gasteiger partial charge in [-0.15, -0.1) is 0 Å². The number of benzene rings is 2. The van der Waals surface area contributed by atoms with Gasteiger partial charge in [-0.05, 0) is 24.1 Å². The Morgan fingerprint density at radius 2 is 1.47 bits per heavy atom. The third-order valence-corrected chi connectivity index (χ3v) is 3.17. The number of aliphatic hydroxyl groups excluding tert-OH is 1. The van der Waals surface area contributed by atoms with Crippen LogP contribution < -0.4 is 5.01 Å². The Kier molecular flexibility index (Phi) is 4.95. The maximum absolute atomic E-state index is 9.53. The molecule has 0 unspecified atom stereocenters. The molecule has 2 aromatic rings. The van der Waals surface area contributed by atoms with Gasteiger partial charge >= 0.3 is 0 Å². The molecule has 0 aromatic heterocycles. The summed E-state index contributed by atoms with van der Waals surface area (Å²) in [6.07, 6.45) is 0.959. The Balaban J connectivity index is 1.96. The zero-order valence-electron chi connectivity index (χ0n) is 11.2. The van der Waals surface area contributed by atoms with Crippen molar-refractivity contribution in [3.05, 3.63) is 66.2 Å². The lowest BCUT2D eigenvalue weighted by Gasteiger charge is -2.32. The Labute approximate surface area is 114 Å². The number of para-hydroxylation sites is 1. The van der Waals surface area contributed by atoms with E-state index in [1.165, 1.54) is 5.56 Å². The summed E-state index contributed by atoms with van der Waals surface area (Å²) in [6.45, 7) is 0.842. The van der Waals surface area contributed by atoms with E-state index in [-0.39, 0.29) is 6.73 Å². The number of anilines is 1. The monoisotopic (exact) mass is 256 g/mol. The van der Waals surface area contributed by atoms with Crippen molar-refractivity contribution >= 4 is 5.69 Å². The first kappa shape index (κ1) is 13.6. The first-order valence-electron chi connectivity index (χ1n) is 6.49.